The molecule has 0 fully saturated rings. The summed E-state index contributed by atoms with van der Waals surface area (Å²) in [5.41, 5.74) is 9.03. The molecule has 0 saturated carbocycles. The molecule has 1 aromatic heterocycles. The van der Waals surface area contributed by atoms with Crippen LogP contribution in [0, 0.1) is 0 Å². The van der Waals surface area contributed by atoms with E-state index >= 15 is 0 Å². The van der Waals surface area contributed by atoms with Gasteiger partial charge in [-0.3, -0.25) is 14.6 Å². The maximum Gasteiger partial charge on any atom is 0.267 e. The summed E-state index contributed by atoms with van der Waals surface area (Å²) in [5.74, 6) is -0.717. The number of amides is 2. The molecule has 0 spiro atoms. The normalized spacial score (nSPS) is 15.0. The maximum absolute atomic E-state index is 13.5. The van der Waals surface area contributed by atoms with Crippen LogP contribution in [-0.4, -0.2) is 21.7 Å². The van der Waals surface area contributed by atoms with Crippen molar-refractivity contribution < 1.29 is 9.59 Å². The van der Waals surface area contributed by atoms with Gasteiger partial charge >= 0.3 is 0 Å². The van der Waals surface area contributed by atoms with Crippen molar-refractivity contribution in [2.75, 3.05) is 0 Å². The molecule has 6 heteroatoms. The number of fused-ring (bicyclic) bond motifs is 1. The van der Waals surface area contributed by atoms with Crippen LogP contribution in [0.2, 0.25) is 5.02 Å². The molecule has 146 valence electrons. The molecule has 3 aromatic rings. The van der Waals surface area contributed by atoms with Gasteiger partial charge in [0.25, 0.3) is 11.8 Å². The van der Waals surface area contributed by atoms with E-state index in [0.717, 1.165) is 29.0 Å². The Morgan fingerprint density at radius 3 is 2.62 bits per heavy atom. The molecule has 1 aliphatic rings. The molecule has 0 saturated heterocycles. The first-order valence-corrected chi connectivity index (χ1v) is 9.81. The van der Waals surface area contributed by atoms with Gasteiger partial charge in [0.1, 0.15) is 5.69 Å². The Kier molecular flexibility index (Phi) is 5.32. The van der Waals surface area contributed by atoms with Gasteiger partial charge < -0.3 is 10.6 Å². The van der Waals surface area contributed by atoms with Gasteiger partial charge in [-0.25, -0.2) is 0 Å². The predicted octanol–water partition coefficient (Wildman–Crippen LogP) is 4.16. The minimum Gasteiger partial charge on any atom is -0.364 e. The summed E-state index contributed by atoms with van der Waals surface area (Å²) < 4.78 is 0. The van der Waals surface area contributed by atoms with E-state index in [2.05, 4.69) is 4.98 Å². The zero-order valence-corrected chi connectivity index (χ0v) is 16.5. The van der Waals surface area contributed by atoms with Crippen LogP contribution >= 0.6 is 11.6 Å². The number of nitrogens with zero attached hydrogens (tertiary/aromatic N) is 2. The molecule has 0 aliphatic heterocycles. The van der Waals surface area contributed by atoms with Gasteiger partial charge in [0.15, 0.2) is 0 Å². The monoisotopic (exact) mass is 405 g/mol. The molecule has 5 nitrogen and oxygen atoms in total. The van der Waals surface area contributed by atoms with Crippen molar-refractivity contribution in [1.29, 1.82) is 0 Å². The SMILES string of the molecule is NC(=O)c1ncccc1CN(C(=O)c1ccccc1)[C@@H]1CCc2c(Cl)cccc21. The fraction of sp³-hybridized carbons (Fsp3) is 0.174. The number of carbonyl (C=O) groups is 2. The average Bonchev–Trinajstić information content (AvgIpc) is 3.17. The van der Waals surface area contributed by atoms with E-state index in [1.54, 1.807) is 29.2 Å². The standard InChI is InChI=1S/C23H20ClN3O2/c24-19-10-4-9-18-17(19)11-12-20(18)27(23(29)15-6-2-1-3-7-15)14-16-8-5-13-26-21(16)22(25)28/h1-10,13,20H,11-12,14H2,(H2,25,28)/t20-/m1/s1. The number of carbonyl (C=O) groups excluding carboxylic acids is 2. The largest absolute Gasteiger partial charge is 0.364 e. The zero-order chi connectivity index (χ0) is 20.4. The van der Waals surface area contributed by atoms with E-state index in [4.69, 9.17) is 17.3 Å². The average molecular weight is 406 g/mol. The lowest BCUT2D eigenvalue weighted by molar-refractivity contribution is 0.0656. The van der Waals surface area contributed by atoms with Crippen molar-refractivity contribution in [3.05, 3.63) is 99.8 Å². The highest BCUT2D eigenvalue weighted by molar-refractivity contribution is 6.31. The van der Waals surface area contributed by atoms with Crippen molar-refractivity contribution in [1.82, 2.24) is 9.88 Å². The Balaban J connectivity index is 1.77. The van der Waals surface area contributed by atoms with Crippen molar-refractivity contribution in [2.24, 2.45) is 5.73 Å². The van der Waals surface area contributed by atoms with Gasteiger partial charge in [-0.15, -0.1) is 0 Å². The van der Waals surface area contributed by atoms with E-state index in [9.17, 15) is 9.59 Å². The van der Waals surface area contributed by atoms with Gasteiger partial charge in [-0.05, 0) is 48.2 Å². The number of halogens is 1. The summed E-state index contributed by atoms with van der Waals surface area (Å²) in [4.78, 5) is 31.2. The van der Waals surface area contributed by atoms with Crippen molar-refractivity contribution in [2.45, 2.75) is 25.4 Å². The van der Waals surface area contributed by atoms with E-state index in [1.165, 1.54) is 6.20 Å². The molecule has 1 heterocycles. The third-order valence-electron chi connectivity index (χ3n) is 5.31. The lowest BCUT2D eigenvalue weighted by atomic mass is 10.0. The number of pyridine rings is 1. The Morgan fingerprint density at radius 1 is 1.07 bits per heavy atom. The maximum atomic E-state index is 13.5. The van der Waals surface area contributed by atoms with Gasteiger partial charge in [-0.2, -0.15) is 0 Å². The van der Waals surface area contributed by atoms with E-state index in [1.807, 2.05) is 36.4 Å². The van der Waals surface area contributed by atoms with Crippen molar-refractivity contribution in [3.8, 4) is 0 Å². The van der Waals surface area contributed by atoms with Crippen LogP contribution in [0.25, 0.3) is 0 Å². The van der Waals surface area contributed by atoms with Crippen LogP contribution in [-0.2, 0) is 13.0 Å². The van der Waals surface area contributed by atoms with Gasteiger partial charge in [0.2, 0.25) is 0 Å². The number of rotatable bonds is 5. The number of hydrogen-bond donors (Lipinski definition) is 1. The summed E-state index contributed by atoms with van der Waals surface area (Å²) in [6.07, 6.45) is 3.09. The molecule has 29 heavy (non-hydrogen) atoms. The number of primary amides is 1. The van der Waals surface area contributed by atoms with Crippen LogP contribution in [0.15, 0.2) is 66.9 Å². The second-order valence-corrected chi connectivity index (χ2v) is 7.44. The second kappa shape index (κ2) is 8.05. The first-order valence-electron chi connectivity index (χ1n) is 9.43. The third kappa shape index (κ3) is 3.74. The lowest BCUT2D eigenvalue weighted by Gasteiger charge is -2.30. The first-order chi connectivity index (χ1) is 14.1. The molecule has 1 atom stereocenters. The highest BCUT2D eigenvalue weighted by Gasteiger charge is 2.33. The summed E-state index contributed by atoms with van der Waals surface area (Å²) in [5, 5.41) is 0.719. The molecule has 4 rings (SSSR count). The molecule has 0 radical (unpaired) electrons. The number of hydrogen-bond acceptors (Lipinski definition) is 3. The first kappa shape index (κ1) is 19.2. The Labute approximate surface area is 174 Å². The van der Waals surface area contributed by atoms with Gasteiger partial charge in [0, 0.05) is 28.9 Å². The predicted molar refractivity (Wildman–Crippen MR) is 112 cm³/mol. The van der Waals surface area contributed by atoms with Gasteiger partial charge in [0.05, 0.1) is 6.04 Å². The van der Waals surface area contributed by atoms with E-state index in [-0.39, 0.29) is 24.2 Å². The van der Waals surface area contributed by atoms with Crippen LogP contribution in [0.1, 0.15) is 50.0 Å². The minimum atomic E-state index is -0.609. The fourth-order valence-corrected chi connectivity index (χ4v) is 4.23. The molecule has 2 aromatic carbocycles. The third-order valence-corrected chi connectivity index (χ3v) is 5.66. The highest BCUT2D eigenvalue weighted by atomic mass is 35.5. The van der Waals surface area contributed by atoms with Crippen LogP contribution in [0.3, 0.4) is 0 Å². The zero-order valence-electron chi connectivity index (χ0n) is 15.7. The molecule has 0 bridgehead atoms. The lowest BCUT2D eigenvalue weighted by Crippen LogP contribution is -2.34. The Bertz CT molecular complexity index is 1070. The smallest absolute Gasteiger partial charge is 0.267 e. The van der Waals surface area contributed by atoms with Crippen molar-refractivity contribution in [3.63, 3.8) is 0 Å². The summed E-state index contributed by atoms with van der Waals surface area (Å²) in [6, 6.07) is 18.3. The molecular formula is C23H20ClN3O2. The van der Waals surface area contributed by atoms with Crippen LogP contribution in [0.5, 0.6) is 0 Å². The Hall–Kier alpha value is -3.18. The summed E-state index contributed by atoms with van der Waals surface area (Å²) in [6.45, 7) is 0.233. The molecular weight excluding hydrogens is 386 g/mol. The highest BCUT2D eigenvalue weighted by Crippen LogP contribution is 2.40. The number of aromatic nitrogens is 1. The summed E-state index contributed by atoms with van der Waals surface area (Å²) in [7, 11) is 0. The van der Waals surface area contributed by atoms with Crippen molar-refractivity contribution >= 4 is 23.4 Å². The van der Waals surface area contributed by atoms with Gasteiger partial charge in [-0.1, -0.05) is 48.0 Å². The fourth-order valence-electron chi connectivity index (χ4n) is 3.95. The van der Waals surface area contributed by atoms with E-state index < -0.39 is 5.91 Å². The topological polar surface area (TPSA) is 76.3 Å². The minimum absolute atomic E-state index is 0.109. The molecule has 2 N–H and O–H groups in total. The number of benzene rings is 2. The Morgan fingerprint density at radius 2 is 1.86 bits per heavy atom. The quantitative estimate of drug-likeness (QED) is 0.692. The molecule has 2 amide bonds. The number of nitrogens with two attached hydrogens (primary N) is 1. The molecule has 1 aliphatic carbocycles. The second-order valence-electron chi connectivity index (χ2n) is 7.04. The summed E-state index contributed by atoms with van der Waals surface area (Å²) >= 11 is 6.39. The van der Waals surface area contributed by atoms with Crippen LogP contribution in [0.4, 0.5) is 0 Å². The van der Waals surface area contributed by atoms with E-state index in [0.29, 0.717) is 11.1 Å². The van der Waals surface area contributed by atoms with Crippen LogP contribution < -0.4 is 5.73 Å². The molecule has 0 unspecified atom stereocenters.